The van der Waals surface area contributed by atoms with Gasteiger partial charge in [-0.2, -0.15) is 4.98 Å². The molecule has 6 nitrogen and oxygen atoms in total. The highest BCUT2D eigenvalue weighted by atomic mass is 16.5. The van der Waals surface area contributed by atoms with Gasteiger partial charge in [-0.25, -0.2) is 0 Å². The molecule has 1 N–H and O–H groups in total. The lowest BCUT2D eigenvalue weighted by atomic mass is 9.88. The molecule has 3 rings (SSSR count). The molecule has 1 aliphatic rings. The first kappa shape index (κ1) is 16.5. The predicted octanol–water partition coefficient (Wildman–Crippen LogP) is 3.17. The zero-order chi connectivity index (χ0) is 16.9. The van der Waals surface area contributed by atoms with Crippen molar-refractivity contribution in [1.29, 1.82) is 0 Å². The number of aryl methyl sites for hydroxylation is 1. The smallest absolute Gasteiger partial charge is 0.223 e. The molecule has 128 valence electrons. The highest BCUT2D eigenvalue weighted by molar-refractivity contribution is 5.79. The molecule has 0 bridgehead atoms. The molecule has 24 heavy (non-hydrogen) atoms. The van der Waals surface area contributed by atoms with Crippen LogP contribution in [-0.4, -0.2) is 23.2 Å². The Hall–Kier alpha value is -2.37. The Kier molecular flexibility index (Phi) is 5.13. The summed E-state index contributed by atoms with van der Waals surface area (Å²) < 4.78 is 10.6. The summed E-state index contributed by atoms with van der Waals surface area (Å²) in [6, 6.07) is 7.10. The van der Waals surface area contributed by atoms with Crippen LogP contribution >= 0.6 is 0 Å². The zero-order valence-corrected chi connectivity index (χ0v) is 14.1. The van der Waals surface area contributed by atoms with E-state index in [1.54, 1.807) is 14.0 Å². The minimum Gasteiger partial charge on any atom is -0.496 e. The third kappa shape index (κ3) is 3.58. The van der Waals surface area contributed by atoms with Crippen LogP contribution in [0.4, 0.5) is 0 Å². The predicted molar refractivity (Wildman–Crippen MR) is 88.6 cm³/mol. The summed E-state index contributed by atoms with van der Waals surface area (Å²) in [5, 5.41) is 7.11. The summed E-state index contributed by atoms with van der Waals surface area (Å²) in [6.07, 6.45) is 5.31. The van der Waals surface area contributed by atoms with Gasteiger partial charge in [0.05, 0.1) is 7.11 Å². The van der Waals surface area contributed by atoms with E-state index < -0.39 is 6.04 Å². The van der Waals surface area contributed by atoms with Crippen molar-refractivity contribution in [2.24, 2.45) is 5.92 Å². The van der Waals surface area contributed by atoms with E-state index in [4.69, 9.17) is 9.26 Å². The lowest BCUT2D eigenvalue weighted by Gasteiger charge is -2.24. The number of aromatic nitrogens is 2. The van der Waals surface area contributed by atoms with Gasteiger partial charge in [0.15, 0.2) is 5.82 Å². The molecule has 6 heteroatoms. The van der Waals surface area contributed by atoms with E-state index in [9.17, 15) is 4.79 Å². The molecule has 1 heterocycles. The first-order chi connectivity index (χ1) is 11.7. The highest BCUT2D eigenvalue weighted by Crippen LogP contribution is 2.30. The van der Waals surface area contributed by atoms with Crippen LogP contribution in [0.15, 0.2) is 28.8 Å². The van der Waals surface area contributed by atoms with E-state index >= 15 is 0 Å². The van der Waals surface area contributed by atoms with Crippen LogP contribution in [-0.2, 0) is 4.79 Å². The van der Waals surface area contributed by atoms with Crippen LogP contribution < -0.4 is 10.1 Å². The summed E-state index contributed by atoms with van der Waals surface area (Å²) >= 11 is 0. The highest BCUT2D eigenvalue weighted by Gasteiger charge is 2.28. The number of carbonyl (C=O) groups is 1. The Morgan fingerprint density at radius 3 is 2.71 bits per heavy atom. The first-order valence-corrected chi connectivity index (χ1v) is 8.42. The number of benzene rings is 1. The van der Waals surface area contributed by atoms with Gasteiger partial charge >= 0.3 is 0 Å². The standard InChI is InChI=1S/C18H23N3O3/c1-12-19-17(21-24-12)16(14-10-6-7-11-15(14)23-2)20-18(22)13-8-4-3-5-9-13/h6-7,10-11,13,16H,3-5,8-9H2,1-2H3,(H,20,22). The topological polar surface area (TPSA) is 77.2 Å². The second-order valence-electron chi connectivity index (χ2n) is 6.19. The van der Waals surface area contributed by atoms with Crippen molar-refractivity contribution >= 4 is 5.91 Å². The SMILES string of the molecule is COc1ccccc1C(NC(=O)C1CCCCC1)c1noc(C)n1. The Morgan fingerprint density at radius 2 is 2.04 bits per heavy atom. The van der Waals surface area contributed by atoms with Gasteiger partial charge in [-0.05, 0) is 18.9 Å². The van der Waals surface area contributed by atoms with Crippen molar-refractivity contribution in [2.75, 3.05) is 7.11 Å². The van der Waals surface area contributed by atoms with Crippen LogP contribution in [0, 0.1) is 12.8 Å². The van der Waals surface area contributed by atoms with Crippen molar-refractivity contribution in [3.05, 3.63) is 41.5 Å². The number of rotatable bonds is 5. The van der Waals surface area contributed by atoms with Gasteiger partial charge in [-0.3, -0.25) is 4.79 Å². The number of methoxy groups -OCH3 is 1. The molecular weight excluding hydrogens is 306 g/mol. The van der Waals surface area contributed by atoms with Crippen molar-refractivity contribution in [3.8, 4) is 5.75 Å². The van der Waals surface area contributed by atoms with Crippen LogP contribution in [0.2, 0.25) is 0 Å². The van der Waals surface area contributed by atoms with Crippen molar-refractivity contribution in [3.63, 3.8) is 0 Å². The van der Waals surface area contributed by atoms with Gasteiger partial charge in [0.1, 0.15) is 11.8 Å². The number of hydrogen-bond acceptors (Lipinski definition) is 5. The molecule has 1 unspecified atom stereocenters. The van der Waals surface area contributed by atoms with Gasteiger partial charge in [-0.15, -0.1) is 0 Å². The van der Waals surface area contributed by atoms with Gasteiger partial charge < -0.3 is 14.6 Å². The maximum Gasteiger partial charge on any atom is 0.223 e. The van der Waals surface area contributed by atoms with Crippen LogP contribution in [0.5, 0.6) is 5.75 Å². The third-order valence-electron chi connectivity index (χ3n) is 4.51. The average Bonchev–Trinajstić information content (AvgIpc) is 3.06. The zero-order valence-electron chi connectivity index (χ0n) is 14.1. The summed E-state index contributed by atoms with van der Waals surface area (Å²) in [7, 11) is 1.61. The molecule has 0 radical (unpaired) electrons. The molecule has 2 aromatic rings. The lowest BCUT2D eigenvalue weighted by molar-refractivity contribution is -0.126. The summed E-state index contributed by atoms with van der Waals surface area (Å²) in [5.74, 6) is 1.71. The van der Waals surface area contributed by atoms with E-state index in [1.807, 2.05) is 24.3 Å². The first-order valence-electron chi connectivity index (χ1n) is 8.42. The quantitative estimate of drug-likeness (QED) is 0.911. The Balaban J connectivity index is 1.89. The second kappa shape index (κ2) is 7.47. The van der Waals surface area contributed by atoms with Crippen molar-refractivity contribution < 1.29 is 14.1 Å². The van der Waals surface area contributed by atoms with Gasteiger partial charge in [0.2, 0.25) is 11.8 Å². The minimum absolute atomic E-state index is 0.0491. The molecule has 1 atom stereocenters. The minimum atomic E-state index is -0.479. The number of hydrogen-bond donors (Lipinski definition) is 1. The van der Waals surface area contributed by atoms with E-state index in [0.29, 0.717) is 17.5 Å². The molecule has 1 saturated carbocycles. The molecule has 1 aromatic carbocycles. The van der Waals surface area contributed by atoms with E-state index in [2.05, 4.69) is 15.5 Å². The molecule has 0 spiro atoms. The summed E-state index contributed by atoms with van der Waals surface area (Å²) in [5.41, 5.74) is 0.824. The lowest BCUT2D eigenvalue weighted by Crippen LogP contribution is -2.36. The fourth-order valence-electron chi connectivity index (χ4n) is 3.24. The molecule has 1 aromatic heterocycles. The van der Waals surface area contributed by atoms with Crippen LogP contribution in [0.3, 0.4) is 0 Å². The van der Waals surface area contributed by atoms with E-state index in [-0.39, 0.29) is 11.8 Å². The van der Waals surface area contributed by atoms with Gasteiger partial charge in [-0.1, -0.05) is 42.6 Å². The second-order valence-corrected chi connectivity index (χ2v) is 6.19. The number of ether oxygens (including phenoxy) is 1. The number of nitrogens with zero attached hydrogens (tertiary/aromatic N) is 2. The van der Waals surface area contributed by atoms with Crippen molar-refractivity contribution in [1.82, 2.24) is 15.5 Å². The fourth-order valence-corrected chi connectivity index (χ4v) is 3.24. The molecular formula is C18H23N3O3. The number of para-hydroxylation sites is 1. The summed E-state index contributed by atoms with van der Waals surface area (Å²) in [6.45, 7) is 1.73. The number of amides is 1. The van der Waals surface area contributed by atoms with Crippen LogP contribution in [0.1, 0.15) is 55.4 Å². The Bertz CT molecular complexity index is 692. The van der Waals surface area contributed by atoms with Crippen LogP contribution in [0.25, 0.3) is 0 Å². The maximum absolute atomic E-state index is 12.7. The Morgan fingerprint density at radius 1 is 1.29 bits per heavy atom. The van der Waals surface area contributed by atoms with E-state index in [1.165, 1.54) is 6.42 Å². The van der Waals surface area contributed by atoms with E-state index in [0.717, 1.165) is 31.2 Å². The third-order valence-corrected chi connectivity index (χ3v) is 4.51. The normalized spacial score (nSPS) is 16.6. The monoisotopic (exact) mass is 329 g/mol. The molecule has 1 amide bonds. The van der Waals surface area contributed by atoms with Gasteiger partial charge in [0.25, 0.3) is 0 Å². The Labute approximate surface area is 141 Å². The molecule has 0 aliphatic heterocycles. The largest absolute Gasteiger partial charge is 0.496 e. The molecule has 1 aliphatic carbocycles. The number of nitrogens with one attached hydrogen (secondary N) is 1. The van der Waals surface area contributed by atoms with Crippen molar-refractivity contribution in [2.45, 2.75) is 45.1 Å². The summed E-state index contributed by atoms with van der Waals surface area (Å²) in [4.78, 5) is 17.0. The fraction of sp³-hybridized carbons (Fsp3) is 0.500. The molecule has 1 fully saturated rings. The van der Waals surface area contributed by atoms with Gasteiger partial charge in [0, 0.05) is 18.4 Å². The average molecular weight is 329 g/mol. The molecule has 0 saturated heterocycles. The number of carbonyl (C=O) groups excluding carboxylic acids is 1. The maximum atomic E-state index is 12.7.